The molecule has 0 atom stereocenters. The van der Waals surface area contributed by atoms with Crippen molar-refractivity contribution in [3.8, 4) is 0 Å². The largest absolute Gasteiger partial charge is 0.320 e. The zero-order valence-electron chi connectivity index (χ0n) is 10.0. The maximum Gasteiger partial charge on any atom is 0.258 e. The Kier molecular flexibility index (Phi) is 3.81. The molecule has 0 bridgehead atoms. The number of anilines is 1. The molecule has 2 aromatic rings. The highest BCUT2D eigenvalue weighted by molar-refractivity contribution is 6.34. The van der Waals surface area contributed by atoms with Crippen LogP contribution in [0.4, 0.5) is 14.5 Å². The van der Waals surface area contributed by atoms with E-state index in [0.29, 0.717) is 10.7 Å². The maximum atomic E-state index is 13.5. The molecule has 0 aromatic heterocycles. The molecule has 0 unspecified atom stereocenters. The lowest BCUT2D eigenvalue weighted by Gasteiger charge is -2.10. The van der Waals surface area contributed by atoms with E-state index in [1.165, 1.54) is 12.1 Å². The molecule has 0 spiro atoms. The Balaban J connectivity index is 2.34. The van der Waals surface area contributed by atoms with Gasteiger partial charge in [0.1, 0.15) is 0 Å². The Morgan fingerprint density at radius 2 is 1.84 bits per heavy atom. The van der Waals surface area contributed by atoms with Crippen LogP contribution in [0.1, 0.15) is 15.9 Å². The Morgan fingerprint density at radius 3 is 2.53 bits per heavy atom. The SMILES string of the molecule is Cc1cccc(Cl)c1NC(=O)c1cccc(F)c1F. The van der Waals surface area contributed by atoms with Crippen LogP contribution in [0.15, 0.2) is 36.4 Å². The van der Waals surface area contributed by atoms with E-state index in [1.807, 2.05) is 0 Å². The average molecular weight is 282 g/mol. The molecule has 0 heterocycles. The Labute approximate surface area is 114 Å². The van der Waals surface area contributed by atoms with Gasteiger partial charge in [0.05, 0.1) is 16.3 Å². The molecular weight excluding hydrogens is 272 g/mol. The quantitative estimate of drug-likeness (QED) is 0.879. The highest BCUT2D eigenvalue weighted by Gasteiger charge is 2.16. The lowest BCUT2D eigenvalue weighted by atomic mass is 10.1. The first-order valence-electron chi connectivity index (χ1n) is 5.51. The monoisotopic (exact) mass is 281 g/mol. The van der Waals surface area contributed by atoms with Crippen LogP contribution in [0.25, 0.3) is 0 Å². The molecule has 1 amide bonds. The van der Waals surface area contributed by atoms with Crippen molar-refractivity contribution < 1.29 is 13.6 Å². The summed E-state index contributed by atoms with van der Waals surface area (Å²) in [6, 6.07) is 8.52. The zero-order valence-corrected chi connectivity index (χ0v) is 10.8. The van der Waals surface area contributed by atoms with E-state index in [1.54, 1.807) is 25.1 Å². The third-order valence-corrected chi connectivity index (χ3v) is 2.97. The number of halogens is 3. The number of carbonyl (C=O) groups excluding carboxylic acids is 1. The molecule has 0 saturated carbocycles. The molecule has 1 N–H and O–H groups in total. The third kappa shape index (κ3) is 2.74. The van der Waals surface area contributed by atoms with Gasteiger partial charge in [-0.1, -0.05) is 29.8 Å². The van der Waals surface area contributed by atoms with Crippen LogP contribution in [-0.2, 0) is 0 Å². The summed E-state index contributed by atoms with van der Waals surface area (Å²) in [6.45, 7) is 1.75. The van der Waals surface area contributed by atoms with Crippen molar-refractivity contribution in [2.24, 2.45) is 0 Å². The van der Waals surface area contributed by atoms with Gasteiger partial charge in [0.25, 0.3) is 5.91 Å². The first-order valence-corrected chi connectivity index (χ1v) is 5.89. The molecule has 0 aliphatic carbocycles. The molecular formula is C14H10ClF2NO. The van der Waals surface area contributed by atoms with Crippen LogP contribution < -0.4 is 5.32 Å². The number of hydrogen-bond donors (Lipinski definition) is 1. The van der Waals surface area contributed by atoms with Crippen molar-refractivity contribution in [1.29, 1.82) is 0 Å². The molecule has 0 fully saturated rings. The number of carbonyl (C=O) groups is 1. The summed E-state index contributed by atoms with van der Waals surface area (Å²) in [5.74, 6) is -2.98. The van der Waals surface area contributed by atoms with Gasteiger partial charge in [0.15, 0.2) is 11.6 Å². The lowest BCUT2D eigenvalue weighted by molar-refractivity contribution is 0.102. The van der Waals surface area contributed by atoms with Crippen LogP contribution in [0.3, 0.4) is 0 Å². The molecule has 0 saturated heterocycles. The van der Waals surface area contributed by atoms with Gasteiger partial charge in [-0.05, 0) is 30.7 Å². The molecule has 98 valence electrons. The fourth-order valence-corrected chi connectivity index (χ4v) is 1.92. The second kappa shape index (κ2) is 5.36. The predicted octanol–water partition coefficient (Wildman–Crippen LogP) is 4.18. The van der Waals surface area contributed by atoms with Crippen LogP contribution >= 0.6 is 11.6 Å². The van der Waals surface area contributed by atoms with Gasteiger partial charge in [-0.2, -0.15) is 0 Å². The van der Waals surface area contributed by atoms with Gasteiger partial charge in [-0.25, -0.2) is 8.78 Å². The van der Waals surface area contributed by atoms with Crippen molar-refractivity contribution in [1.82, 2.24) is 0 Å². The minimum Gasteiger partial charge on any atom is -0.320 e. The summed E-state index contributed by atoms with van der Waals surface area (Å²) >= 11 is 5.95. The van der Waals surface area contributed by atoms with Gasteiger partial charge < -0.3 is 5.32 Å². The minimum absolute atomic E-state index is 0.338. The number of hydrogen-bond acceptors (Lipinski definition) is 1. The number of amides is 1. The van der Waals surface area contributed by atoms with Gasteiger partial charge in [0.2, 0.25) is 0 Å². The lowest BCUT2D eigenvalue weighted by Crippen LogP contribution is -2.15. The highest BCUT2D eigenvalue weighted by atomic mass is 35.5. The molecule has 19 heavy (non-hydrogen) atoms. The third-order valence-electron chi connectivity index (χ3n) is 2.66. The fourth-order valence-electron chi connectivity index (χ4n) is 1.65. The van der Waals surface area contributed by atoms with Gasteiger partial charge in [-0.3, -0.25) is 4.79 Å². The first-order chi connectivity index (χ1) is 9.00. The van der Waals surface area contributed by atoms with E-state index in [9.17, 15) is 13.6 Å². The number of aryl methyl sites for hydroxylation is 1. The molecule has 2 aromatic carbocycles. The molecule has 0 aliphatic rings. The van der Waals surface area contributed by atoms with E-state index < -0.39 is 17.5 Å². The molecule has 0 aliphatic heterocycles. The minimum atomic E-state index is -1.18. The summed E-state index contributed by atoms with van der Waals surface area (Å²) in [5.41, 5.74) is 0.759. The second-order valence-electron chi connectivity index (χ2n) is 3.99. The number of benzene rings is 2. The summed E-state index contributed by atoms with van der Waals surface area (Å²) in [4.78, 5) is 11.9. The van der Waals surface area contributed by atoms with Crippen LogP contribution in [0.2, 0.25) is 5.02 Å². The van der Waals surface area contributed by atoms with Crippen molar-refractivity contribution in [2.75, 3.05) is 5.32 Å². The summed E-state index contributed by atoms with van der Waals surface area (Å²) in [7, 11) is 0. The van der Waals surface area contributed by atoms with Crippen molar-refractivity contribution in [3.63, 3.8) is 0 Å². The highest BCUT2D eigenvalue weighted by Crippen LogP contribution is 2.26. The molecule has 0 radical (unpaired) electrons. The normalized spacial score (nSPS) is 10.3. The van der Waals surface area contributed by atoms with E-state index in [2.05, 4.69) is 5.32 Å². The van der Waals surface area contributed by atoms with E-state index in [0.717, 1.165) is 11.6 Å². The predicted molar refractivity (Wildman–Crippen MR) is 70.5 cm³/mol. The van der Waals surface area contributed by atoms with E-state index in [4.69, 9.17) is 11.6 Å². The van der Waals surface area contributed by atoms with E-state index >= 15 is 0 Å². The van der Waals surface area contributed by atoms with Crippen molar-refractivity contribution >= 4 is 23.2 Å². The average Bonchev–Trinajstić information content (AvgIpc) is 2.37. The summed E-state index contributed by atoms with van der Waals surface area (Å²) in [6.07, 6.45) is 0. The number of nitrogens with one attached hydrogen (secondary N) is 1. The van der Waals surface area contributed by atoms with Gasteiger partial charge >= 0.3 is 0 Å². The Bertz CT molecular complexity index is 623. The summed E-state index contributed by atoms with van der Waals surface area (Å²) < 4.78 is 26.5. The Morgan fingerprint density at radius 1 is 1.16 bits per heavy atom. The smallest absolute Gasteiger partial charge is 0.258 e. The second-order valence-corrected chi connectivity index (χ2v) is 4.39. The first kappa shape index (κ1) is 13.5. The van der Waals surface area contributed by atoms with Gasteiger partial charge in [-0.15, -0.1) is 0 Å². The maximum absolute atomic E-state index is 13.5. The Hall–Kier alpha value is -1.94. The molecule has 2 nitrogen and oxygen atoms in total. The van der Waals surface area contributed by atoms with Crippen LogP contribution in [0.5, 0.6) is 0 Å². The van der Waals surface area contributed by atoms with Crippen LogP contribution in [0, 0.1) is 18.6 Å². The topological polar surface area (TPSA) is 29.1 Å². The van der Waals surface area contributed by atoms with Crippen LogP contribution in [-0.4, -0.2) is 5.91 Å². The number of para-hydroxylation sites is 1. The molecule has 2 rings (SSSR count). The number of rotatable bonds is 2. The van der Waals surface area contributed by atoms with Crippen molar-refractivity contribution in [2.45, 2.75) is 6.92 Å². The molecule has 5 heteroatoms. The fraction of sp³-hybridized carbons (Fsp3) is 0.0714. The zero-order chi connectivity index (χ0) is 14.0. The van der Waals surface area contributed by atoms with E-state index in [-0.39, 0.29) is 5.56 Å². The standard InChI is InChI=1S/C14H10ClF2NO/c1-8-4-2-6-10(15)13(8)18-14(19)9-5-3-7-11(16)12(9)17/h2-7H,1H3,(H,18,19). The van der Waals surface area contributed by atoms with Crippen molar-refractivity contribution in [3.05, 3.63) is 64.2 Å². The van der Waals surface area contributed by atoms with Gasteiger partial charge in [0, 0.05) is 0 Å². The summed E-state index contributed by atoms with van der Waals surface area (Å²) in [5, 5.41) is 2.82.